The van der Waals surface area contributed by atoms with E-state index in [1.807, 2.05) is 6.92 Å². The number of likely N-dealkylation sites (N-methyl/N-ethyl adjacent to an activating group) is 1. The fourth-order valence-electron chi connectivity index (χ4n) is 1.31. The fraction of sp³-hybridized carbons (Fsp3) is 1.00. The number of hydrogen-bond donors (Lipinski definition) is 1. The van der Waals surface area contributed by atoms with Crippen LogP contribution in [-0.2, 0) is 10.2 Å². The van der Waals surface area contributed by atoms with Gasteiger partial charge in [-0.1, -0.05) is 6.92 Å². The van der Waals surface area contributed by atoms with E-state index >= 15 is 0 Å². The Kier molecular flexibility index (Phi) is 3.05. The molecule has 6 heteroatoms. The van der Waals surface area contributed by atoms with Crippen molar-refractivity contribution < 1.29 is 8.42 Å². The van der Waals surface area contributed by atoms with Crippen LogP contribution in [0.5, 0.6) is 0 Å². The zero-order valence-electron chi connectivity index (χ0n) is 7.23. The van der Waals surface area contributed by atoms with Gasteiger partial charge < -0.3 is 5.73 Å². The molecule has 0 bridgehead atoms. The summed E-state index contributed by atoms with van der Waals surface area (Å²) in [4.78, 5) is 0. The molecule has 1 saturated heterocycles. The molecule has 0 unspecified atom stereocenters. The monoisotopic (exact) mass is 193 g/mol. The Labute approximate surface area is 73.3 Å². The van der Waals surface area contributed by atoms with E-state index in [1.165, 1.54) is 8.61 Å². The van der Waals surface area contributed by atoms with Gasteiger partial charge in [0.1, 0.15) is 0 Å². The minimum atomic E-state index is -3.15. The average Bonchev–Trinajstić information content (AvgIpc) is 2.28. The second-order valence-corrected chi connectivity index (χ2v) is 4.62. The Morgan fingerprint density at radius 1 is 1.33 bits per heavy atom. The quantitative estimate of drug-likeness (QED) is 0.614. The van der Waals surface area contributed by atoms with E-state index < -0.39 is 10.2 Å². The van der Waals surface area contributed by atoms with Crippen molar-refractivity contribution in [2.45, 2.75) is 6.92 Å². The highest BCUT2D eigenvalue weighted by molar-refractivity contribution is 7.87. The lowest BCUT2D eigenvalue weighted by molar-refractivity contribution is 0.452. The number of hydrogen-bond acceptors (Lipinski definition) is 3. The topological polar surface area (TPSA) is 66.6 Å². The maximum absolute atomic E-state index is 11.5. The summed E-state index contributed by atoms with van der Waals surface area (Å²) in [6.07, 6.45) is 0. The van der Waals surface area contributed by atoms with Crippen molar-refractivity contribution in [2.75, 3.05) is 32.7 Å². The first-order valence-electron chi connectivity index (χ1n) is 4.08. The molecule has 0 aromatic rings. The van der Waals surface area contributed by atoms with Gasteiger partial charge in [-0.2, -0.15) is 17.0 Å². The molecule has 72 valence electrons. The highest BCUT2D eigenvalue weighted by Crippen LogP contribution is 2.14. The van der Waals surface area contributed by atoms with Crippen LogP contribution in [-0.4, -0.2) is 49.8 Å². The molecule has 0 atom stereocenters. The van der Waals surface area contributed by atoms with E-state index in [0.29, 0.717) is 32.7 Å². The maximum atomic E-state index is 11.5. The summed E-state index contributed by atoms with van der Waals surface area (Å²) < 4.78 is 25.9. The number of rotatable bonds is 3. The van der Waals surface area contributed by atoms with Crippen LogP contribution < -0.4 is 5.73 Å². The highest BCUT2D eigenvalue weighted by atomic mass is 32.2. The predicted octanol–water partition coefficient (Wildman–Crippen LogP) is -1.17. The van der Waals surface area contributed by atoms with Gasteiger partial charge in [-0.05, 0) is 0 Å². The maximum Gasteiger partial charge on any atom is 0.282 e. The smallest absolute Gasteiger partial charge is 0.282 e. The molecule has 0 saturated carbocycles. The zero-order valence-corrected chi connectivity index (χ0v) is 8.05. The Balaban J connectivity index is 2.71. The fourth-order valence-corrected chi connectivity index (χ4v) is 2.92. The molecule has 1 aliphatic rings. The molecule has 1 aliphatic heterocycles. The molecule has 0 radical (unpaired) electrons. The second-order valence-electron chi connectivity index (χ2n) is 2.69. The van der Waals surface area contributed by atoms with Gasteiger partial charge in [-0.3, -0.25) is 0 Å². The minimum absolute atomic E-state index is 0.386. The van der Waals surface area contributed by atoms with Crippen LogP contribution in [0.4, 0.5) is 0 Å². The average molecular weight is 193 g/mol. The van der Waals surface area contributed by atoms with Crippen molar-refractivity contribution in [3.8, 4) is 0 Å². The number of nitrogens with two attached hydrogens (primary N) is 1. The van der Waals surface area contributed by atoms with Gasteiger partial charge in [0.25, 0.3) is 10.2 Å². The van der Waals surface area contributed by atoms with E-state index in [4.69, 9.17) is 5.73 Å². The first-order valence-corrected chi connectivity index (χ1v) is 5.48. The third kappa shape index (κ3) is 1.61. The Hall–Kier alpha value is -0.170. The SMILES string of the molecule is CCN1CCN(CCN)S1(=O)=O. The van der Waals surface area contributed by atoms with Gasteiger partial charge in [0, 0.05) is 32.7 Å². The van der Waals surface area contributed by atoms with Gasteiger partial charge in [-0.15, -0.1) is 0 Å². The van der Waals surface area contributed by atoms with E-state index in [9.17, 15) is 8.42 Å². The van der Waals surface area contributed by atoms with Crippen molar-refractivity contribution >= 4 is 10.2 Å². The normalized spacial score (nSPS) is 24.8. The van der Waals surface area contributed by atoms with Crippen LogP contribution in [0.15, 0.2) is 0 Å². The summed E-state index contributed by atoms with van der Waals surface area (Å²) >= 11 is 0. The van der Waals surface area contributed by atoms with E-state index in [1.54, 1.807) is 0 Å². The van der Waals surface area contributed by atoms with Crippen LogP contribution in [0.1, 0.15) is 6.92 Å². The highest BCUT2D eigenvalue weighted by Gasteiger charge is 2.34. The van der Waals surface area contributed by atoms with Gasteiger partial charge in [0.05, 0.1) is 0 Å². The first-order chi connectivity index (χ1) is 5.62. The zero-order chi connectivity index (χ0) is 9.19. The Morgan fingerprint density at radius 3 is 2.33 bits per heavy atom. The van der Waals surface area contributed by atoms with Gasteiger partial charge in [0.15, 0.2) is 0 Å². The van der Waals surface area contributed by atoms with Crippen molar-refractivity contribution in [3.05, 3.63) is 0 Å². The molecule has 0 spiro atoms. The molecule has 12 heavy (non-hydrogen) atoms. The molecule has 0 amide bonds. The standard InChI is InChI=1S/C6H15N3O2S/c1-2-8-5-6-9(4-3-7)12(8,10)11/h2-7H2,1H3. The predicted molar refractivity (Wildman–Crippen MR) is 46.8 cm³/mol. The summed E-state index contributed by atoms with van der Waals surface area (Å²) in [7, 11) is -3.15. The lowest BCUT2D eigenvalue weighted by atomic mass is 10.5. The van der Waals surface area contributed by atoms with Crippen LogP contribution in [0, 0.1) is 0 Å². The van der Waals surface area contributed by atoms with Crippen molar-refractivity contribution in [1.29, 1.82) is 0 Å². The molecule has 2 N–H and O–H groups in total. The van der Waals surface area contributed by atoms with E-state index in [2.05, 4.69) is 0 Å². The molecule has 0 aromatic heterocycles. The van der Waals surface area contributed by atoms with Crippen LogP contribution in [0.2, 0.25) is 0 Å². The summed E-state index contributed by atoms with van der Waals surface area (Å²) in [5, 5.41) is 0. The van der Waals surface area contributed by atoms with Crippen LogP contribution >= 0.6 is 0 Å². The van der Waals surface area contributed by atoms with Crippen molar-refractivity contribution in [1.82, 2.24) is 8.61 Å². The largest absolute Gasteiger partial charge is 0.329 e. The summed E-state index contributed by atoms with van der Waals surface area (Å²) in [6, 6.07) is 0. The molecule has 1 fully saturated rings. The first kappa shape index (κ1) is 9.91. The Bertz CT molecular complexity index is 239. The lowest BCUT2D eigenvalue weighted by Gasteiger charge is -2.15. The molecule has 0 aliphatic carbocycles. The van der Waals surface area contributed by atoms with Gasteiger partial charge in [0.2, 0.25) is 0 Å². The third-order valence-electron chi connectivity index (χ3n) is 1.98. The second kappa shape index (κ2) is 3.69. The molecule has 1 heterocycles. The third-order valence-corrected chi connectivity index (χ3v) is 4.09. The van der Waals surface area contributed by atoms with E-state index in [-0.39, 0.29) is 0 Å². The van der Waals surface area contributed by atoms with Gasteiger partial charge in [-0.25, -0.2) is 0 Å². The molecule has 0 aromatic carbocycles. The summed E-state index contributed by atoms with van der Waals surface area (Å²) in [5.74, 6) is 0. The van der Waals surface area contributed by atoms with Crippen molar-refractivity contribution in [3.63, 3.8) is 0 Å². The molecular weight excluding hydrogens is 178 g/mol. The van der Waals surface area contributed by atoms with E-state index in [0.717, 1.165) is 0 Å². The minimum Gasteiger partial charge on any atom is -0.329 e. The summed E-state index contributed by atoms with van der Waals surface area (Å²) in [5.41, 5.74) is 5.29. The molecule has 5 nitrogen and oxygen atoms in total. The molecular formula is C6H15N3O2S. The lowest BCUT2D eigenvalue weighted by Crippen LogP contribution is -2.35. The van der Waals surface area contributed by atoms with Crippen molar-refractivity contribution in [2.24, 2.45) is 5.73 Å². The van der Waals surface area contributed by atoms with Crippen LogP contribution in [0.25, 0.3) is 0 Å². The van der Waals surface area contributed by atoms with Crippen LogP contribution in [0.3, 0.4) is 0 Å². The Morgan fingerprint density at radius 2 is 1.92 bits per heavy atom. The van der Waals surface area contributed by atoms with Gasteiger partial charge >= 0.3 is 0 Å². The summed E-state index contributed by atoms with van der Waals surface area (Å²) in [6.45, 7) is 4.37. The molecule has 1 rings (SSSR count). The number of nitrogens with zero attached hydrogens (tertiary/aromatic N) is 2.